The lowest BCUT2D eigenvalue weighted by atomic mass is 9.86. The third-order valence-electron chi connectivity index (χ3n) is 5.57. The quantitative estimate of drug-likeness (QED) is 0.587. The number of benzene rings is 2. The Labute approximate surface area is 174 Å². The summed E-state index contributed by atoms with van der Waals surface area (Å²) >= 11 is 1.41. The van der Waals surface area contributed by atoms with Gasteiger partial charge in [-0.05, 0) is 43.0 Å². The maximum absolute atomic E-state index is 13.3. The van der Waals surface area contributed by atoms with Gasteiger partial charge in [-0.1, -0.05) is 55.8 Å². The highest BCUT2D eigenvalue weighted by atomic mass is 32.2. The number of amides is 1. The third-order valence-corrected chi connectivity index (χ3v) is 6.55. The fourth-order valence-corrected chi connectivity index (χ4v) is 4.70. The number of nitrogens with one attached hydrogen (secondary N) is 1. The summed E-state index contributed by atoms with van der Waals surface area (Å²) in [7, 11) is 0. The van der Waals surface area contributed by atoms with Crippen LogP contribution in [0.5, 0.6) is 0 Å². The molecule has 6 heteroatoms. The average molecular weight is 410 g/mol. The Bertz CT molecular complexity index is 1010. The second-order valence-electron chi connectivity index (χ2n) is 7.63. The summed E-state index contributed by atoms with van der Waals surface area (Å²) in [5, 5.41) is 14.6. The number of hydrogen-bond acceptors (Lipinski definition) is 4. The fraction of sp³-hybridized carbons (Fsp3) is 0.348. The predicted molar refractivity (Wildman–Crippen MR) is 115 cm³/mol. The Balaban J connectivity index is 1.52. The molecule has 1 fully saturated rings. The van der Waals surface area contributed by atoms with Gasteiger partial charge in [-0.2, -0.15) is 0 Å². The fourth-order valence-electron chi connectivity index (χ4n) is 3.92. The van der Waals surface area contributed by atoms with Crippen LogP contribution < -0.4 is 5.32 Å². The van der Waals surface area contributed by atoms with E-state index in [1.54, 1.807) is 12.1 Å². The first-order valence-electron chi connectivity index (χ1n) is 10.1. The summed E-state index contributed by atoms with van der Waals surface area (Å²) in [6.45, 7) is 2.21. The number of carbonyl (C=O) groups excluding carboxylic acids is 1. The smallest absolute Gasteiger partial charge is 0.230 e. The van der Waals surface area contributed by atoms with Crippen molar-refractivity contribution in [3.05, 3.63) is 54.3 Å². The van der Waals surface area contributed by atoms with Crippen LogP contribution in [-0.4, -0.2) is 27.9 Å². The molecule has 150 valence electrons. The molecule has 0 radical (unpaired) electrons. The Morgan fingerprint density at radius 1 is 1.07 bits per heavy atom. The molecule has 0 unspecified atom stereocenters. The summed E-state index contributed by atoms with van der Waals surface area (Å²) in [6, 6.07) is 14.4. The molecule has 1 aliphatic rings. The predicted octanol–water partition coefficient (Wildman–Crippen LogP) is 5.22. The lowest BCUT2D eigenvalue weighted by molar-refractivity contribution is -0.119. The van der Waals surface area contributed by atoms with E-state index in [9.17, 15) is 9.18 Å². The molecule has 1 aromatic heterocycles. The summed E-state index contributed by atoms with van der Waals surface area (Å²) in [6.07, 6.45) is 4.68. The highest BCUT2D eigenvalue weighted by Crippen LogP contribution is 2.32. The van der Waals surface area contributed by atoms with Crippen molar-refractivity contribution in [2.45, 2.75) is 43.7 Å². The van der Waals surface area contributed by atoms with Crippen molar-refractivity contribution in [3.8, 4) is 11.3 Å². The number of aromatic nitrogens is 2. The van der Waals surface area contributed by atoms with E-state index >= 15 is 0 Å². The van der Waals surface area contributed by atoms with Crippen molar-refractivity contribution in [2.24, 2.45) is 5.92 Å². The highest BCUT2D eigenvalue weighted by molar-refractivity contribution is 8.00. The zero-order valence-electron chi connectivity index (χ0n) is 16.4. The van der Waals surface area contributed by atoms with Crippen LogP contribution in [0, 0.1) is 11.7 Å². The summed E-state index contributed by atoms with van der Waals surface area (Å²) in [5.41, 5.74) is 1.53. The molecular formula is C23H24FN3OS. The van der Waals surface area contributed by atoms with Crippen molar-refractivity contribution >= 4 is 28.4 Å². The molecule has 29 heavy (non-hydrogen) atoms. The molecule has 0 saturated heterocycles. The van der Waals surface area contributed by atoms with E-state index in [2.05, 4.69) is 22.4 Å². The van der Waals surface area contributed by atoms with Gasteiger partial charge in [0.25, 0.3) is 0 Å². The van der Waals surface area contributed by atoms with Gasteiger partial charge in [0.2, 0.25) is 5.91 Å². The zero-order valence-corrected chi connectivity index (χ0v) is 17.2. The van der Waals surface area contributed by atoms with Crippen LogP contribution >= 0.6 is 11.8 Å². The number of nitrogens with zero attached hydrogens (tertiary/aromatic N) is 2. The largest absolute Gasteiger partial charge is 0.352 e. The van der Waals surface area contributed by atoms with E-state index in [1.165, 1.54) is 43.2 Å². The molecule has 0 aliphatic heterocycles. The molecule has 2 atom stereocenters. The van der Waals surface area contributed by atoms with Crippen LogP contribution in [0.3, 0.4) is 0 Å². The van der Waals surface area contributed by atoms with Crippen LogP contribution in [0.25, 0.3) is 22.0 Å². The topological polar surface area (TPSA) is 54.9 Å². The molecule has 4 nitrogen and oxygen atoms in total. The molecule has 1 saturated carbocycles. The molecule has 2 aromatic carbocycles. The molecular weight excluding hydrogens is 385 g/mol. The van der Waals surface area contributed by atoms with E-state index in [0.717, 1.165) is 27.8 Å². The van der Waals surface area contributed by atoms with E-state index in [-0.39, 0.29) is 17.8 Å². The van der Waals surface area contributed by atoms with Gasteiger partial charge < -0.3 is 5.32 Å². The number of carbonyl (C=O) groups is 1. The number of hydrogen-bond donors (Lipinski definition) is 1. The van der Waals surface area contributed by atoms with Crippen molar-refractivity contribution < 1.29 is 9.18 Å². The first kappa shape index (κ1) is 19.8. The van der Waals surface area contributed by atoms with Crippen molar-refractivity contribution in [1.29, 1.82) is 0 Å². The van der Waals surface area contributed by atoms with Gasteiger partial charge in [0.15, 0.2) is 0 Å². The van der Waals surface area contributed by atoms with Gasteiger partial charge in [0, 0.05) is 22.4 Å². The van der Waals surface area contributed by atoms with Crippen molar-refractivity contribution in [3.63, 3.8) is 0 Å². The highest BCUT2D eigenvalue weighted by Gasteiger charge is 2.23. The molecule has 1 heterocycles. The monoisotopic (exact) mass is 409 g/mol. The molecule has 1 amide bonds. The van der Waals surface area contributed by atoms with E-state index in [4.69, 9.17) is 0 Å². The second kappa shape index (κ2) is 8.91. The SMILES string of the molecule is C[C@@H]1CCCC[C@H]1NC(=O)CSc1nnc(-c2ccc(F)cc2)c2ccccc12. The van der Waals surface area contributed by atoms with Crippen LogP contribution in [0.4, 0.5) is 4.39 Å². The minimum Gasteiger partial charge on any atom is -0.352 e. The maximum atomic E-state index is 13.3. The van der Waals surface area contributed by atoms with Crippen molar-refractivity contribution in [2.75, 3.05) is 5.75 Å². The van der Waals surface area contributed by atoms with Crippen LogP contribution in [-0.2, 0) is 4.79 Å². The van der Waals surface area contributed by atoms with Gasteiger partial charge >= 0.3 is 0 Å². The molecule has 0 bridgehead atoms. The maximum Gasteiger partial charge on any atom is 0.230 e. The Morgan fingerprint density at radius 3 is 2.55 bits per heavy atom. The lowest BCUT2D eigenvalue weighted by Gasteiger charge is -2.29. The van der Waals surface area contributed by atoms with Crippen LogP contribution in [0.2, 0.25) is 0 Å². The number of rotatable bonds is 5. The Morgan fingerprint density at radius 2 is 1.79 bits per heavy atom. The Hall–Kier alpha value is -2.47. The molecule has 1 N–H and O–H groups in total. The van der Waals surface area contributed by atoms with Gasteiger partial charge in [0.05, 0.1) is 5.75 Å². The van der Waals surface area contributed by atoms with Gasteiger partial charge in [-0.3, -0.25) is 4.79 Å². The standard InChI is InChI=1S/C23H24FN3OS/c1-15-6-2-5-9-20(15)25-21(28)14-29-23-19-8-4-3-7-18(19)22(26-27-23)16-10-12-17(24)13-11-16/h3-4,7-8,10-13,15,20H,2,5-6,9,14H2,1H3,(H,25,28)/t15-,20-/m1/s1. The second-order valence-corrected chi connectivity index (χ2v) is 8.59. The average Bonchev–Trinajstić information content (AvgIpc) is 2.74. The third kappa shape index (κ3) is 4.58. The van der Waals surface area contributed by atoms with Crippen molar-refractivity contribution in [1.82, 2.24) is 15.5 Å². The molecule has 1 aliphatic carbocycles. The summed E-state index contributed by atoms with van der Waals surface area (Å²) in [5.74, 6) is 0.615. The van der Waals surface area contributed by atoms with E-state index < -0.39 is 0 Å². The van der Waals surface area contributed by atoms with Gasteiger partial charge in [-0.25, -0.2) is 4.39 Å². The summed E-state index contributed by atoms with van der Waals surface area (Å²) in [4.78, 5) is 12.5. The molecule has 4 rings (SSSR count). The first-order chi connectivity index (χ1) is 14.1. The molecule has 3 aromatic rings. The first-order valence-corrected chi connectivity index (χ1v) is 11.0. The number of thioether (sulfide) groups is 1. The molecule has 0 spiro atoms. The minimum atomic E-state index is -0.281. The lowest BCUT2D eigenvalue weighted by Crippen LogP contribution is -2.41. The summed E-state index contributed by atoms with van der Waals surface area (Å²) < 4.78 is 13.3. The van der Waals surface area contributed by atoms with Crippen LogP contribution in [0.15, 0.2) is 53.6 Å². The van der Waals surface area contributed by atoms with Crippen LogP contribution in [0.1, 0.15) is 32.6 Å². The zero-order chi connectivity index (χ0) is 20.2. The Kier molecular flexibility index (Phi) is 6.09. The number of halogens is 1. The number of fused-ring (bicyclic) bond motifs is 1. The normalized spacial score (nSPS) is 19.2. The van der Waals surface area contributed by atoms with Gasteiger partial charge in [0.1, 0.15) is 16.5 Å². The van der Waals surface area contributed by atoms with Gasteiger partial charge in [-0.15, -0.1) is 10.2 Å². The minimum absolute atomic E-state index is 0.0437. The van der Waals surface area contributed by atoms with E-state index in [1.807, 2.05) is 24.3 Å². The van der Waals surface area contributed by atoms with E-state index in [0.29, 0.717) is 17.4 Å².